The lowest BCUT2D eigenvalue weighted by molar-refractivity contribution is 0.205. The van der Waals surface area contributed by atoms with Crippen molar-refractivity contribution >= 4 is 0 Å². The summed E-state index contributed by atoms with van der Waals surface area (Å²) >= 11 is 0. The molecule has 0 amide bonds. The van der Waals surface area contributed by atoms with Gasteiger partial charge in [-0.05, 0) is 86.1 Å². The molecule has 1 aliphatic carbocycles. The highest BCUT2D eigenvalue weighted by Gasteiger charge is 2.21. The topological polar surface area (TPSA) is 9.23 Å². The van der Waals surface area contributed by atoms with Crippen LogP contribution in [0, 0.1) is 11.7 Å². The maximum atomic E-state index is 14.3. The van der Waals surface area contributed by atoms with Gasteiger partial charge in [-0.25, -0.2) is 4.39 Å². The van der Waals surface area contributed by atoms with E-state index in [0.29, 0.717) is 11.7 Å². The minimum absolute atomic E-state index is 0.108. The molecular formula is C28H39FO. The average Bonchev–Trinajstić information content (AvgIpc) is 2.76. The third kappa shape index (κ3) is 6.59. The summed E-state index contributed by atoms with van der Waals surface area (Å²) in [6.45, 7) is 6.61. The number of hydrogen-bond acceptors (Lipinski definition) is 1. The predicted octanol–water partition coefficient (Wildman–Crippen LogP) is 8.91. The van der Waals surface area contributed by atoms with E-state index in [1.165, 1.54) is 69.4 Å². The lowest BCUT2D eigenvalue weighted by atomic mass is 9.77. The number of unbranched alkanes of at least 4 members (excludes halogenated alkanes) is 3. The van der Waals surface area contributed by atoms with Crippen LogP contribution in [0.25, 0.3) is 11.1 Å². The lowest BCUT2D eigenvalue weighted by Crippen LogP contribution is -2.12. The molecule has 1 nitrogen and oxygen atoms in total. The van der Waals surface area contributed by atoms with Crippen molar-refractivity contribution in [2.45, 2.75) is 97.0 Å². The molecule has 0 bridgehead atoms. The van der Waals surface area contributed by atoms with E-state index >= 15 is 0 Å². The number of benzene rings is 2. The molecule has 0 spiro atoms. The van der Waals surface area contributed by atoms with Crippen molar-refractivity contribution in [1.82, 2.24) is 0 Å². The second kappa shape index (κ2) is 11.5. The van der Waals surface area contributed by atoms with Crippen molar-refractivity contribution in [3.05, 3.63) is 53.8 Å². The molecule has 30 heavy (non-hydrogen) atoms. The fourth-order valence-corrected chi connectivity index (χ4v) is 4.80. The van der Waals surface area contributed by atoms with Gasteiger partial charge >= 0.3 is 0 Å². The largest absolute Gasteiger partial charge is 0.491 e. The molecule has 0 unspecified atom stereocenters. The maximum absolute atomic E-state index is 14.3. The van der Waals surface area contributed by atoms with Crippen LogP contribution in [0.1, 0.15) is 96.5 Å². The molecule has 2 aromatic carbocycles. The average molecular weight is 411 g/mol. The third-order valence-electron chi connectivity index (χ3n) is 6.81. The Morgan fingerprint density at radius 1 is 0.900 bits per heavy atom. The van der Waals surface area contributed by atoms with E-state index in [1.807, 2.05) is 6.07 Å². The first-order chi connectivity index (χ1) is 14.6. The Bertz CT molecular complexity index is 759. The first-order valence-electron chi connectivity index (χ1n) is 12.2. The Hall–Kier alpha value is -1.83. The van der Waals surface area contributed by atoms with Crippen molar-refractivity contribution in [1.29, 1.82) is 0 Å². The molecular weight excluding hydrogens is 371 g/mol. The van der Waals surface area contributed by atoms with Crippen molar-refractivity contribution in [2.75, 3.05) is 0 Å². The number of halogens is 1. The molecule has 164 valence electrons. The first-order valence-corrected chi connectivity index (χ1v) is 12.2. The summed E-state index contributed by atoms with van der Waals surface area (Å²) in [5, 5.41) is 0. The van der Waals surface area contributed by atoms with E-state index in [2.05, 4.69) is 45.0 Å². The Kier molecular flexibility index (Phi) is 8.78. The monoisotopic (exact) mass is 410 g/mol. The van der Waals surface area contributed by atoms with Gasteiger partial charge in [-0.15, -0.1) is 0 Å². The fourth-order valence-electron chi connectivity index (χ4n) is 4.80. The van der Waals surface area contributed by atoms with Crippen LogP contribution in [0.3, 0.4) is 0 Å². The Morgan fingerprint density at radius 2 is 1.63 bits per heavy atom. The van der Waals surface area contributed by atoms with Gasteiger partial charge < -0.3 is 4.74 Å². The smallest absolute Gasteiger partial charge is 0.127 e. The molecule has 3 rings (SSSR count). The molecule has 2 aromatic rings. The molecule has 0 radical (unpaired) electrons. The van der Waals surface area contributed by atoms with E-state index in [-0.39, 0.29) is 11.9 Å². The first kappa shape index (κ1) is 22.8. The van der Waals surface area contributed by atoms with Gasteiger partial charge in [0.15, 0.2) is 0 Å². The zero-order valence-electron chi connectivity index (χ0n) is 19.1. The summed E-state index contributed by atoms with van der Waals surface area (Å²) < 4.78 is 20.3. The SMILES string of the molecule is CCCCCC[C@H](C)Oc1cc(F)cc(-c2ccc(C3CCC(CC)CC3)cc2)c1. The zero-order chi connectivity index (χ0) is 21.3. The summed E-state index contributed by atoms with van der Waals surface area (Å²) in [6.07, 6.45) is 12.6. The van der Waals surface area contributed by atoms with Crippen LogP contribution < -0.4 is 4.74 Å². The van der Waals surface area contributed by atoms with E-state index in [9.17, 15) is 4.39 Å². The molecule has 1 fully saturated rings. The van der Waals surface area contributed by atoms with Crippen LogP contribution in [0.2, 0.25) is 0 Å². The van der Waals surface area contributed by atoms with E-state index < -0.39 is 0 Å². The van der Waals surface area contributed by atoms with Gasteiger partial charge in [-0.1, -0.05) is 63.8 Å². The van der Waals surface area contributed by atoms with E-state index in [1.54, 1.807) is 6.07 Å². The van der Waals surface area contributed by atoms with Crippen LogP contribution >= 0.6 is 0 Å². The van der Waals surface area contributed by atoms with Gasteiger partial charge in [0.2, 0.25) is 0 Å². The normalized spacial score (nSPS) is 20.1. The van der Waals surface area contributed by atoms with E-state index in [4.69, 9.17) is 4.74 Å². The van der Waals surface area contributed by atoms with E-state index in [0.717, 1.165) is 23.5 Å². The molecule has 0 aliphatic heterocycles. The summed E-state index contributed by atoms with van der Waals surface area (Å²) in [5.41, 5.74) is 3.38. The second-order valence-electron chi connectivity index (χ2n) is 9.20. The maximum Gasteiger partial charge on any atom is 0.127 e. The van der Waals surface area contributed by atoms with Gasteiger partial charge in [0.05, 0.1) is 6.10 Å². The Morgan fingerprint density at radius 3 is 2.30 bits per heavy atom. The van der Waals surface area contributed by atoms with Crippen molar-refractivity contribution in [3.63, 3.8) is 0 Å². The van der Waals surface area contributed by atoms with Crippen LogP contribution in [0.15, 0.2) is 42.5 Å². The van der Waals surface area contributed by atoms with Crippen molar-refractivity contribution in [2.24, 2.45) is 5.92 Å². The third-order valence-corrected chi connectivity index (χ3v) is 6.81. The van der Waals surface area contributed by atoms with Gasteiger partial charge in [0.25, 0.3) is 0 Å². The summed E-state index contributed by atoms with van der Waals surface area (Å²) in [7, 11) is 0. The molecule has 0 saturated heterocycles. The van der Waals surface area contributed by atoms with Crippen LogP contribution in [0.4, 0.5) is 4.39 Å². The highest BCUT2D eigenvalue weighted by atomic mass is 19.1. The van der Waals surface area contributed by atoms with Gasteiger partial charge in [0, 0.05) is 6.07 Å². The van der Waals surface area contributed by atoms with Gasteiger partial charge in [0.1, 0.15) is 11.6 Å². The van der Waals surface area contributed by atoms with Gasteiger partial charge in [-0.3, -0.25) is 0 Å². The number of rotatable bonds is 10. The Labute approximate surface area is 183 Å². The highest BCUT2D eigenvalue weighted by Crippen LogP contribution is 2.37. The summed E-state index contributed by atoms with van der Waals surface area (Å²) in [6, 6.07) is 13.9. The summed E-state index contributed by atoms with van der Waals surface area (Å²) in [5.74, 6) is 2.00. The quantitative estimate of drug-likeness (QED) is 0.355. The molecule has 1 atom stereocenters. The second-order valence-corrected chi connectivity index (χ2v) is 9.20. The minimum Gasteiger partial charge on any atom is -0.491 e. The number of hydrogen-bond donors (Lipinski definition) is 0. The van der Waals surface area contributed by atoms with Crippen LogP contribution in [-0.4, -0.2) is 6.10 Å². The number of ether oxygens (including phenoxy) is 1. The van der Waals surface area contributed by atoms with Crippen LogP contribution in [-0.2, 0) is 0 Å². The molecule has 0 aromatic heterocycles. The fraction of sp³-hybridized carbons (Fsp3) is 0.571. The molecule has 1 aliphatic rings. The molecule has 0 N–H and O–H groups in total. The highest BCUT2D eigenvalue weighted by molar-refractivity contribution is 5.65. The van der Waals surface area contributed by atoms with Crippen molar-refractivity contribution < 1.29 is 9.13 Å². The Balaban J connectivity index is 1.63. The molecule has 0 heterocycles. The predicted molar refractivity (Wildman–Crippen MR) is 126 cm³/mol. The summed E-state index contributed by atoms with van der Waals surface area (Å²) in [4.78, 5) is 0. The van der Waals surface area contributed by atoms with Crippen LogP contribution in [0.5, 0.6) is 5.75 Å². The minimum atomic E-state index is -0.234. The van der Waals surface area contributed by atoms with Gasteiger partial charge in [-0.2, -0.15) is 0 Å². The zero-order valence-corrected chi connectivity index (χ0v) is 19.1. The van der Waals surface area contributed by atoms with Crippen molar-refractivity contribution in [3.8, 4) is 16.9 Å². The molecule has 1 saturated carbocycles. The lowest BCUT2D eigenvalue weighted by Gasteiger charge is -2.28. The molecule has 2 heteroatoms. The standard InChI is InChI=1S/C28H39FO/c1-4-6-7-8-9-21(3)30-28-19-26(18-27(29)20-28)25-16-14-24(15-17-25)23-12-10-22(5-2)11-13-23/h14-23H,4-13H2,1-3H3/t21-,22?,23?/m0/s1.